The van der Waals surface area contributed by atoms with Crippen LogP contribution in [0.5, 0.6) is 0 Å². The third-order valence-electron chi connectivity index (χ3n) is 3.51. The highest BCUT2D eigenvalue weighted by molar-refractivity contribution is 5.79. The van der Waals surface area contributed by atoms with E-state index in [0.29, 0.717) is 11.9 Å². The van der Waals surface area contributed by atoms with E-state index in [1.54, 1.807) is 0 Å². The van der Waals surface area contributed by atoms with Gasteiger partial charge < -0.3 is 4.90 Å². The largest absolute Gasteiger partial charge is 0.340 e. The van der Waals surface area contributed by atoms with Crippen molar-refractivity contribution in [2.75, 3.05) is 6.54 Å². The van der Waals surface area contributed by atoms with Crippen LogP contribution in [0.2, 0.25) is 0 Å². The van der Waals surface area contributed by atoms with Gasteiger partial charge in [0.1, 0.15) is 0 Å². The molecule has 0 N–H and O–H groups in total. The van der Waals surface area contributed by atoms with Crippen molar-refractivity contribution in [3.63, 3.8) is 0 Å². The van der Waals surface area contributed by atoms with E-state index in [2.05, 4.69) is 32.6 Å². The minimum Gasteiger partial charge on any atom is -0.340 e. The molecule has 82 valence electrons. The minimum atomic E-state index is 0.0827. The second kappa shape index (κ2) is 3.92. The molecule has 2 heteroatoms. The third kappa shape index (κ3) is 2.28. The maximum Gasteiger partial charge on any atom is 0.226 e. The van der Waals surface area contributed by atoms with Crippen LogP contribution in [0.1, 0.15) is 47.5 Å². The van der Waals surface area contributed by atoms with Crippen molar-refractivity contribution in [1.29, 1.82) is 0 Å². The van der Waals surface area contributed by atoms with Crippen molar-refractivity contribution in [3.8, 4) is 0 Å². The van der Waals surface area contributed by atoms with Gasteiger partial charge in [0, 0.05) is 18.5 Å². The van der Waals surface area contributed by atoms with Gasteiger partial charge in [-0.05, 0) is 25.2 Å². The molecule has 1 rings (SSSR count). The molecule has 0 radical (unpaired) electrons. The molecule has 2 nitrogen and oxygen atoms in total. The Labute approximate surface area is 87.7 Å². The monoisotopic (exact) mass is 197 g/mol. The molecule has 1 aliphatic rings. The lowest BCUT2D eigenvalue weighted by atomic mass is 9.81. The molecule has 0 aromatic heterocycles. The predicted octanol–water partition coefficient (Wildman–Crippen LogP) is 2.68. The summed E-state index contributed by atoms with van der Waals surface area (Å²) in [7, 11) is 0. The zero-order valence-corrected chi connectivity index (χ0v) is 10.1. The first kappa shape index (κ1) is 11.5. The number of likely N-dealkylation sites (tertiary alicyclic amines) is 1. The number of hydrogen-bond acceptors (Lipinski definition) is 1. The Hall–Kier alpha value is -0.530. The van der Waals surface area contributed by atoms with Gasteiger partial charge >= 0.3 is 0 Å². The molecule has 0 bridgehead atoms. The molecule has 0 aromatic rings. The van der Waals surface area contributed by atoms with Crippen LogP contribution in [-0.4, -0.2) is 23.4 Å². The van der Waals surface area contributed by atoms with Crippen LogP contribution in [0.3, 0.4) is 0 Å². The second-order valence-corrected chi connectivity index (χ2v) is 5.61. The molecule has 0 saturated carbocycles. The number of nitrogens with zero attached hydrogens (tertiary/aromatic N) is 1. The Morgan fingerprint density at radius 1 is 1.43 bits per heavy atom. The summed E-state index contributed by atoms with van der Waals surface area (Å²) in [6.45, 7) is 11.6. The Balaban J connectivity index is 2.65. The first-order chi connectivity index (χ1) is 6.34. The van der Waals surface area contributed by atoms with Gasteiger partial charge in [-0.15, -0.1) is 0 Å². The molecule has 0 aromatic carbocycles. The van der Waals surface area contributed by atoms with Crippen molar-refractivity contribution >= 4 is 5.91 Å². The van der Waals surface area contributed by atoms with Crippen LogP contribution in [-0.2, 0) is 4.79 Å². The Bertz CT molecular complexity index is 213. The van der Waals surface area contributed by atoms with Crippen LogP contribution in [0.25, 0.3) is 0 Å². The van der Waals surface area contributed by atoms with Crippen LogP contribution >= 0.6 is 0 Å². The van der Waals surface area contributed by atoms with E-state index in [-0.39, 0.29) is 11.3 Å². The lowest BCUT2D eigenvalue weighted by Gasteiger charge is -2.32. The third-order valence-corrected chi connectivity index (χ3v) is 3.51. The lowest BCUT2D eigenvalue weighted by molar-refractivity contribution is -0.138. The number of carbonyl (C=O) groups is 1. The van der Waals surface area contributed by atoms with E-state index in [1.807, 2.05) is 6.92 Å². The van der Waals surface area contributed by atoms with Crippen molar-refractivity contribution in [1.82, 2.24) is 4.90 Å². The number of hydrogen-bond donors (Lipinski definition) is 0. The van der Waals surface area contributed by atoms with Crippen molar-refractivity contribution in [2.24, 2.45) is 11.3 Å². The molecule has 0 aliphatic carbocycles. The second-order valence-electron chi connectivity index (χ2n) is 5.61. The Morgan fingerprint density at radius 2 is 2.00 bits per heavy atom. The van der Waals surface area contributed by atoms with E-state index in [9.17, 15) is 4.79 Å². The van der Waals surface area contributed by atoms with Crippen molar-refractivity contribution in [3.05, 3.63) is 0 Å². The standard InChI is InChI=1S/C12H23NO/c1-9-7-6-8-13(9)11(14)10(2)12(3,4)5/h9-10H,6-8H2,1-5H3/t9-,10-/m1/s1. The Morgan fingerprint density at radius 3 is 2.36 bits per heavy atom. The fourth-order valence-corrected chi connectivity index (χ4v) is 1.88. The summed E-state index contributed by atoms with van der Waals surface area (Å²) >= 11 is 0. The quantitative estimate of drug-likeness (QED) is 0.633. The molecule has 0 spiro atoms. The van der Waals surface area contributed by atoms with E-state index in [1.165, 1.54) is 12.8 Å². The normalized spacial score (nSPS) is 25.2. The van der Waals surface area contributed by atoms with Gasteiger partial charge in [0.25, 0.3) is 0 Å². The summed E-state index contributed by atoms with van der Waals surface area (Å²) in [5.41, 5.74) is 0.0827. The molecule has 1 heterocycles. The summed E-state index contributed by atoms with van der Waals surface area (Å²) in [5, 5.41) is 0. The van der Waals surface area contributed by atoms with Crippen LogP contribution in [0, 0.1) is 11.3 Å². The van der Waals surface area contributed by atoms with Gasteiger partial charge in [0.2, 0.25) is 5.91 Å². The average molecular weight is 197 g/mol. The smallest absolute Gasteiger partial charge is 0.226 e. The molecule has 2 atom stereocenters. The van der Waals surface area contributed by atoms with Gasteiger partial charge in [0.05, 0.1) is 0 Å². The summed E-state index contributed by atoms with van der Waals surface area (Å²) < 4.78 is 0. The van der Waals surface area contributed by atoms with E-state index >= 15 is 0 Å². The first-order valence-electron chi connectivity index (χ1n) is 5.64. The van der Waals surface area contributed by atoms with Gasteiger partial charge in [-0.25, -0.2) is 0 Å². The molecular formula is C12H23NO. The van der Waals surface area contributed by atoms with E-state index in [0.717, 1.165) is 6.54 Å². The molecule has 1 aliphatic heterocycles. The topological polar surface area (TPSA) is 20.3 Å². The van der Waals surface area contributed by atoms with Crippen LogP contribution in [0.15, 0.2) is 0 Å². The lowest BCUT2D eigenvalue weighted by Crippen LogP contribution is -2.41. The molecular weight excluding hydrogens is 174 g/mol. The van der Waals surface area contributed by atoms with Gasteiger partial charge in [-0.1, -0.05) is 27.7 Å². The molecule has 1 amide bonds. The fourth-order valence-electron chi connectivity index (χ4n) is 1.88. The summed E-state index contributed by atoms with van der Waals surface area (Å²) in [6.07, 6.45) is 2.34. The van der Waals surface area contributed by atoms with E-state index in [4.69, 9.17) is 0 Å². The maximum absolute atomic E-state index is 12.1. The Kier molecular flexibility index (Phi) is 3.23. The molecule has 1 saturated heterocycles. The van der Waals surface area contributed by atoms with Crippen LogP contribution in [0.4, 0.5) is 0 Å². The molecule has 0 unspecified atom stereocenters. The highest BCUT2D eigenvalue weighted by Crippen LogP contribution is 2.29. The maximum atomic E-state index is 12.1. The van der Waals surface area contributed by atoms with Crippen molar-refractivity contribution in [2.45, 2.75) is 53.5 Å². The van der Waals surface area contributed by atoms with Gasteiger partial charge in [0.15, 0.2) is 0 Å². The van der Waals surface area contributed by atoms with Gasteiger partial charge in [-0.3, -0.25) is 4.79 Å². The summed E-state index contributed by atoms with van der Waals surface area (Å²) in [5.74, 6) is 0.463. The zero-order chi connectivity index (χ0) is 10.9. The van der Waals surface area contributed by atoms with Crippen LogP contribution < -0.4 is 0 Å². The first-order valence-corrected chi connectivity index (χ1v) is 5.64. The fraction of sp³-hybridized carbons (Fsp3) is 0.917. The summed E-state index contributed by atoms with van der Waals surface area (Å²) in [4.78, 5) is 14.2. The molecule has 1 fully saturated rings. The average Bonchev–Trinajstić information content (AvgIpc) is 2.47. The van der Waals surface area contributed by atoms with E-state index < -0.39 is 0 Å². The van der Waals surface area contributed by atoms with Crippen molar-refractivity contribution < 1.29 is 4.79 Å². The van der Waals surface area contributed by atoms with Gasteiger partial charge in [-0.2, -0.15) is 0 Å². The summed E-state index contributed by atoms with van der Waals surface area (Å²) in [6, 6.07) is 0.451. The highest BCUT2D eigenvalue weighted by Gasteiger charge is 2.34. The SMILES string of the molecule is C[C@@H]1CCCN1C(=O)[C@@H](C)C(C)(C)C. The minimum absolute atomic E-state index is 0.0827. The number of carbonyl (C=O) groups excluding carboxylic acids is 1. The predicted molar refractivity (Wildman–Crippen MR) is 59.0 cm³/mol. The number of rotatable bonds is 1. The molecule has 14 heavy (non-hydrogen) atoms. The zero-order valence-electron chi connectivity index (χ0n) is 10.1. The number of amides is 1. The highest BCUT2D eigenvalue weighted by atomic mass is 16.2.